The van der Waals surface area contributed by atoms with E-state index >= 15 is 0 Å². The first-order chi connectivity index (χ1) is 9.21. The van der Waals surface area contributed by atoms with Crippen molar-refractivity contribution in [3.63, 3.8) is 0 Å². The Hall–Kier alpha value is -1.73. The molecule has 0 saturated heterocycles. The third kappa shape index (κ3) is 2.59. The van der Waals surface area contributed by atoms with E-state index in [0.717, 1.165) is 0 Å². The summed E-state index contributed by atoms with van der Waals surface area (Å²) in [5, 5.41) is 3.53. The maximum Gasteiger partial charge on any atom is 0.453 e. The van der Waals surface area contributed by atoms with Crippen LogP contribution < -0.4 is 5.73 Å². The number of aromatic nitrogens is 1. The van der Waals surface area contributed by atoms with Crippen LogP contribution in [0.15, 0.2) is 22.7 Å². The molecule has 0 saturated carbocycles. The van der Waals surface area contributed by atoms with Crippen LogP contribution in [0.3, 0.4) is 0 Å². The second-order valence-corrected chi connectivity index (χ2v) is 4.57. The van der Waals surface area contributed by atoms with Gasteiger partial charge in [0.1, 0.15) is 11.3 Å². The summed E-state index contributed by atoms with van der Waals surface area (Å²) in [6, 6.07) is 4.00. The van der Waals surface area contributed by atoms with E-state index in [1.165, 1.54) is 18.2 Å². The average Bonchev–Trinajstić information content (AvgIpc) is 2.72. The Morgan fingerprint density at radius 3 is 2.45 bits per heavy atom. The van der Waals surface area contributed by atoms with E-state index in [4.69, 9.17) is 28.9 Å². The van der Waals surface area contributed by atoms with Gasteiger partial charge in [-0.3, -0.25) is 4.79 Å². The van der Waals surface area contributed by atoms with Crippen molar-refractivity contribution in [1.82, 2.24) is 5.16 Å². The molecule has 0 aliphatic heterocycles. The fraction of sp³-hybridized carbons (Fsp3) is 0.0909. The molecule has 1 aromatic heterocycles. The van der Waals surface area contributed by atoms with Crippen molar-refractivity contribution < 1.29 is 22.5 Å². The minimum Gasteiger partial charge on any atom is -0.365 e. The molecule has 1 amide bonds. The number of rotatable bonds is 2. The van der Waals surface area contributed by atoms with Gasteiger partial charge in [0.15, 0.2) is 0 Å². The summed E-state index contributed by atoms with van der Waals surface area (Å²) in [4.78, 5) is 11.3. The molecule has 0 radical (unpaired) electrons. The van der Waals surface area contributed by atoms with Gasteiger partial charge in [-0.05, 0) is 18.2 Å². The molecular formula is C11H5Cl2F3N2O2. The van der Waals surface area contributed by atoms with E-state index in [-0.39, 0.29) is 21.3 Å². The molecule has 2 rings (SSSR count). The number of alkyl halides is 3. The number of primary amides is 1. The first-order valence-electron chi connectivity index (χ1n) is 5.04. The Balaban J connectivity index is 2.69. The van der Waals surface area contributed by atoms with Gasteiger partial charge in [-0.2, -0.15) is 13.2 Å². The quantitative estimate of drug-likeness (QED) is 0.914. The maximum atomic E-state index is 12.7. The van der Waals surface area contributed by atoms with Crippen molar-refractivity contribution in [2.45, 2.75) is 6.18 Å². The zero-order valence-corrected chi connectivity index (χ0v) is 11.0. The van der Waals surface area contributed by atoms with Crippen molar-refractivity contribution in [3.05, 3.63) is 39.6 Å². The van der Waals surface area contributed by atoms with E-state index in [1.807, 2.05) is 0 Å². The Kier molecular flexibility index (Phi) is 3.66. The first-order valence-corrected chi connectivity index (χ1v) is 5.79. The molecular weight excluding hydrogens is 320 g/mol. The highest BCUT2D eigenvalue weighted by molar-refractivity contribution is 6.36. The fourth-order valence-corrected chi connectivity index (χ4v) is 2.08. The molecule has 4 nitrogen and oxygen atoms in total. The van der Waals surface area contributed by atoms with Crippen LogP contribution in [0.25, 0.3) is 11.3 Å². The summed E-state index contributed by atoms with van der Waals surface area (Å²) >= 11 is 11.5. The van der Waals surface area contributed by atoms with Crippen LogP contribution in [0.5, 0.6) is 0 Å². The number of carbonyl (C=O) groups excluding carboxylic acids is 1. The van der Waals surface area contributed by atoms with Gasteiger partial charge in [0.25, 0.3) is 11.7 Å². The van der Waals surface area contributed by atoms with Crippen molar-refractivity contribution >= 4 is 29.1 Å². The van der Waals surface area contributed by atoms with Crippen LogP contribution in [-0.2, 0) is 6.18 Å². The van der Waals surface area contributed by atoms with Crippen LogP contribution in [0.1, 0.15) is 16.1 Å². The molecule has 2 N–H and O–H groups in total. The molecule has 20 heavy (non-hydrogen) atoms. The zero-order valence-electron chi connectivity index (χ0n) is 9.46. The molecule has 0 fully saturated rings. The molecule has 0 unspecified atom stereocenters. The van der Waals surface area contributed by atoms with Gasteiger partial charge in [-0.25, -0.2) is 0 Å². The number of benzene rings is 1. The SMILES string of the molecule is NC(=O)c1c(-c2ccc(Cl)cc2Cl)noc1C(F)(F)F. The van der Waals surface area contributed by atoms with Gasteiger partial charge >= 0.3 is 6.18 Å². The largest absolute Gasteiger partial charge is 0.453 e. The van der Waals surface area contributed by atoms with Gasteiger partial charge in [-0.15, -0.1) is 0 Å². The van der Waals surface area contributed by atoms with E-state index in [2.05, 4.69) is 9.68 Å². The monoisotopic (exact) mass is 324 g/mol. The van der Waals surface area contributed by atoms with E-state index in [9.17, 15) is 18.0 Å². The Morgan fingerprint density at radius 1 is 1.30 bits per heavy atom. The maximum absolute atomic E-state index is 12.7. The normalized spacial score (nSPS) is 11.7. The average molecular weight is 325 g/mol. The van der Waals surface area contributed by atoms with Crippen LogP contribution >= 0.6 is 23.2 Å². The number of halogens is 5. The molecule has 1 aromatic carbocycles. The number of amides is 1. The highest BCUT2D eigenvalue weighted by Gasteiger charge is 2.42. The molecule has 0 aliphatic carbocycles. The second kappa shape index (κ2) is 4.99. The molecule has 0 aliphatic rings. The summed E-state index contributed by atoms with van der Waals surface area (Å²) in [6.45, 7) is 0. The van der Waals surface area contributed by atoms with E-state index in [1.54, 1.807) is 0 Å². The van der Waals surface area contributed by atoms with Crippen molar-refractivity contribution in [2.24, 2.45) is 5.73 Å². The third-order valence-electron chi connectivity index (χ3n) is 2.38. The highest BCUT2D eigenvalue weighted by atomic mass is 35.5. The predicted octanol–water partition coefficient (Wildman–Crippen LogP) is 3.77. The summed E-state index contributed by atoms with van der Waals surface area (Å²) < 4.78 is 42.3. The van der Waals surface area contributed by atoms with Crippen LogP contribution in [0, 0.1) is 0 Å². The molecule has 0 bridgehead atoms. The lowest BCUT2D eigenvalue weighted by atomic mass is 10.1. The Bertz CT molecular complexity index is 683. The molecule has 2 aromatic rings. The van der Waals surface area contributed by atoms with Crippen molar-refractivity contribution in [3.8, 4) is 11.3 Å². The topological polar surface area (TPSA) is 69.1 Å². The lowest BCUT2D eigenvalue weighted by Crippen LogP contribution is -2.17. The van der Waals surface area contributed by atoms with Crippen LogP contribution in [0.2, 0.25) is 10.0 Å². The summed E-state index contributed by atoms with van der Waals surface area (Å²) in [7, 11) is 0. The number of nitrogens with two attached hydrogens (primary N) is 1. The van der Waals surface area contributed by atoms with Gasteiger partial charge in [-0.1, -0.05) is 28.4 Å². The molecule has 0 atom stereocenters. The van der Waals surface area contributed by atoms with Crippen molar-refractivity contribution in [1.29, 1.82) is 0 Å². The molecule has 106 valence electrons. The van der Waals surface area contributed by atoms with Gasteiger partial charge < -0.3 is 10.3 Å². The van der Waals surface area contributed by atoms with Crippen LogP contribution in [0.4, 0.5) is 13.2 Å². The molecule has 9 heteroatoms. The van der Waals surface area contributed by atoms with Gasteiger partial charge in [0.05, 0.1) is 5.02 Å². The molecule has 0 spiro atoms. The van der Waals surface area contributed by atoms with E-state index in [0.29, 0.717) is 0 Å². The zero-order chi connectivity index (χ0) is 15.1. The Labute approximate surface area is 120 Å². The third-order valence-corrected chi connectivity index (χ3v) is 2.93. The minimum absolute atomic E-state index is 0.0158. The summed E-state index contributed by atoms with van der Waals surface area (Å²) in [5.74, 6) is -2.88. The summed E-state index contributed by atoms with van der Waals surface area (Å²) in [5.41, 5.74) is 3.77. The van der Waals surface area contributed by atoms with Crippen LogP contribution in [-0.4, -0.2) is 11.1 Å². The number of hydrogen-bond acceptors (Lipinski definition) is 3. The summed E-state index contributed by atoms with van der Waals surface area (Å²) in [6.07, 6.45) is -4.89. The predicted molar refractivity (Wildman–Crippen MR) is 65.5 cm³/mol. The van der Waals surface area contributed by atoms with Crippen molar-refractivity contribution in [2.75, 3.05) is 0 Å². The molecule has 1 heterocycles. The lowest BCUT2D eigenvalue weighted by Gasteiger charge is -2.05. The standard InChI is InChI=1S/C11H5Cl2F3N2O2/c12-4-1-2-5(6(13)3-4)8-7(10(17)19)9(20-18-8)11(14,15)16/h1-3H,(H2,17,19). The fourth-order valence-electron chi connectivity index (χ4n) is 1.58. The second-order valence-electron chi connectivity index (χ2n) is 3.72. The van der Waals surface area contributed by atoms with Gasteiger partial charge in [0.2, 0.25) is 0 Å². The number of carbonyl (C=O) groups is 1. The first kappa shape index (κ1) is 14.7. The smallest absolute Gasteiger partial charge is 0.365 e. The number of hydrogen-bond donors (Lipinski definition) is 1. The highest BCUT2D eigenvalue weighted by Crippen LogP contribution is 2.38. The lowest BCUT2D eigenvalue weighted by molar-refractivity contribution is -0.155. The Morgan fingerprint density at radius 2 is 1.95 bits per heavy atom. The minimum atomic E-state index is -4.89. The van der Waals surface area contributed by atoms with Gasteiger partial charge in [0, 0.05) is 10.6 Å². The number of nitrogens with zero attached hydrogens (tertiary/aromatic N) is 1. The van der Waals surface area contributed by atoms with E-state index < -0.39 is 23.4 Å².